The zero-order valence-corrected chi connectivity index (χ0v) is 26.5. The molecular weight excluding hydrogens is 560 g/mol. The number of likely N-dealkylation sites (tertiary alicyclic amines) is 1. The second-order valence-corrected chi connectivity index (χ2v) is 13.3. The Morgan fingerprint density at radius 1 is 1.16 bits per heavy atom. The maximum atomic E-state index is 14.9. The molecule has 8 nitrogen and oxygen atoms in total. The van der Waals surface area contributed by atoms with Gasteiger partial charge in [-0.25, -0.2) is 4.39 Å². The number of carbonyl (C=O) groups is 1. The number of hydrogen-bond acceptors (Lipinski definition) is 6. The summed E-state index contributed by atoms with van der Waals surface area (Å²) < 4.78 is 29.0. The van der Waals surface area contributed by atoms with Crippen LogP contribution in [0.2, 0.25) is 0 Å². The highest BCUT2D eigenvalue weighted by Crippen LogP contribution is 2.37. The largest absolute Gasteiger partial charge is 0.494 e. The average molecular weight is 606 g/mol. The van der Waals surface area contributed by atoms with Gasteiger partial charge in [0.25, 0.3) is 0 Å². The number of amides is 1. The molecule has 2 saturated heterocycles. The molecular formula is C34H45BFN3O5. The Bertz CT molecular complexity index is 1470. The lowest BCUT2D eigenvalue weighted by atomic mass is 9.78. The van der Waals surface area contributed by atoms with Crippen LogP contribution in [-0.2, 0) is 27.1 Å². The quantitative estimate of drug-likeness (QED) is 0.268. The van der Waals surface area contributed by atoms with Gasteiger partial charge in [0.2, 0.25) is 5.91 Å². The minimum Gasteiger partial charge on any atom is -0.399 e. The molecule has 0 spiro atoms. The smallest absolute Gasteiger partial charge is 0.399 e. The summed E-state index contributed by atoms with van der Waals surface area (Å²) >= 11 is 0. The lowest BCUT2D eigenvalue weighted by Gasteiger charge is -2.34. The van der Waals surface area contributed by atoms with Crippen molar-refractivity contribution in [2.75, 3.05) is 26.7 Å². The Kier molecular flexibility index (Phi) is 9.65. The molecule has 0 aliphatic carbocycles. The van der Waals surface area contributed by atoms with Gasteiger partial charge in [0.1, 0.15) is 5.82 Å². The molecule has 44 heavy (non-hydrogen) atoms. The van der Waals surface area contributed by atoms with Gasteiger partial charge in [-0.3, -0.25) is 4.79 Å². The molecule has 10 heteroatoms. The molecule has 2 fully saturated rings. The van der Waals surface area contributed by atoms with Crippen LogP contribution < -0.4 is 5.46 Å². The zero-order chi connectivity index (χ0) is 31.6. The Labute approximate surface area is 260 Å². The molecule has 2 aliphatic heterocycles. The van der Waals surface area contributed by atoms with E-state index in [1.165, 1.54) is 6.07 Å². The molecule has 2 aliphatic rings. The van der Waals surface area contributed by atoms with Crippen molar-refractivity contribution in [1.29, 1.82) is 0 Å². The molecule has 3 atom stereocenters. The van der Waals surface area contributed by atoms with Crippen LogP contribution in [0.15, 0.2) is 53.5 Å². The Balaban J connectivity index is 1.26. The van der Waals surface area contributed by atoms with Crippen LogP contribution in [0.4, 0.5) is 4.39 Å². The SMILES string of the molecule is CN=CC(CC(=O)N1CCCC(c2cc3cccc(F)c3n2CC(O)CO)C1)Cc1ccc(B2OC(C)(C)C(C)(C)O2)cc1. The van der Waals surface area contributed by atoms with E-state index in [2.05, 4.69) is 17.1 Å². The molecule has 0 saturated carbocycles. The highest BCUT2D eigenvalue weighted by molar-refractivity contribution is 6.62. The number of rotatable bonds is 10. The summed E-state index contributed by atoms with van der Waals surface area (Å²) in [7, 11) is 1.31. The minimum atomic E-state index is -1.01. The summed E-state index contributed by atoms with van der Waals surface area (Å²) in [4.78, 5) is 19.8. The molecule has 0 radical (unpaired) electrons. The van der Waals surface area contributed by atoms with E-state index in [0.717, 1.165) is 34.9 Å². The average Bonchev–Trinajstić information content (AvgIpc) is 3.46. The molecule has 1 amide bonds. The lowest BCUT2D eigenvalue weighted by molar-refractivity contribution is -0.133. The van der Waals surface area contributed by atoms with Crippen LogP contribution in [0.25, 0.3) is 10.9 Å². The first-order valence-corrected chi connectivity index (χ1v) is 15.6. The van der Waals surface area contributed by atoms with Gasteiger partial charge in [0, 0.05) is 55.7 Å². The molecule has 0 bridgehead atoms. The van der Waals surface area contributed by atoms with Crippen LogP contribution in [-0.4, -0.2) is 83.0 Å². The maximum absolute atomic E-state index is 14.9. The fraction of sp³-hybridized carbons (Fsp3) is 0.529. The number of fused-ring (bicyclic) bond motifs is 1. The van der Waals surface area contributed by atoms with Gasteiger partial charge in [-0.15, -0.1) is 0 Å². The molecule has 3 heterocycles. The van der Waals surface area contributed by atoms with Gasteiger partial charge in [0.05, 0.1) is 36.0 Å². The summed E-state index contributed by atoms with van der Waals surface area (Å²) in [6.07, 6.45) is 3.55. The summed E-state index contributed by atoms with van der Waals surface area (Å²) in [5.74, 6) is -0.368. The molecule has 1 aromatic heterocycles. The van der Waals surface area contributed by atoms with E-state index < -0.39 is 31.0 Å². The van der Waals surface area contributed by atoms with E-state index in [1.54, 1.807) is 17.7 Å². The van der Waals surface area contributed by atoms with Crippen molar-refractivity contribution >= 4 is 35.6 Å². The third kappa shape index (κ3) is 6.78. The van der Waals surface area contributed by atoms with Gasteiger partial charge >= 0.3 is 7.12 Å². The van der Waals surface area contributed by atoms with Gasteiger partial charge in [0.15, 0.2) is 0 Å². The van der Waals surface area contributed by atoms with E-state index in [0.29, 0.717) is 31.4 Å². The van der Waals surface area contributed by atoms with Crippen LogP contribution in [0.1, 0.15) is 64.1 Å². The first-order valence-electron chi connectivity index (χ1n) is 15.6. The number of hydrogen-bond donors (Lipinski definition) is 2. The second-order valence-electron chi connectivity index (χ2n) is 13.3. The summed E-state index contributed by atoms with van der Waals surface area (Å²) in [6, 6.07) is 15.1. The molecule has 5 rings (SSSR count). The van der Waals surface area contributed by atoms with E-state index in [9.17, 15) is 19.4 Å². The van der Waals surface area contributed by atoms with E-state index in [4.69, 9.17) is 9.31 Å². The monoisotopic (exact) mass is 605 g/mol. The van der Waals surface area contributed by atoms with Crippen LogP contribution >= 0.6 is 0 Å². The van der Waals surface area contributed by atoms with Crippen molar-refractivity contribution < 1.29 is 28.7 Å². The van der Waals surface area contributed by atoms with E-state index >= 15 is 0 Å². The predicted molar refractivity (Wildman–Crippen MR) is 172 cm³/mol. The van der Waals surface area contributed by atoms with Crippen molar-refractivity contribution in [2.45, 2.75) is 83.1 Å². The molecule has 2 N–H and O–H groups in total. The Hall–Kier alpha value is -3.05. The summed E-state index contributed by atoms with van der Waals surface area (Å²) in [5.41, 5.74) is 2.56. The number of halogens is 1. The number of aliphatic imine (C=N–C) groups is 1. The Morgan fingerprint density at radius 2 is 1.86 bits per heavy atom. The van der Waals surface area contributed by atoms with Crippen molar-refractivity contribution in [3.8, 4) is 0 Å². The van der Waals surface area contributed by atoms with Crippen molar-refractivity contribution in [3.05, 3.63) is 65.6 Å². The first kappa shape index (κ1) is 32.4. The van der Waals surface area contributed by atoms with E-state index in [1.807, 2.05) is 63.1 Å². The number of nitrogens with zero attached hydrogens (tertiary/aromatic N) is 3. The molecule has 3 aromatic rings. The maximum Gasteiger partial charge on any atom is 0.494 e. The fourth-order valence-corrected chi connectivity index (χ4v) is 6.38. The van der Waals surface area contributed by atoms with Gasteiger partial charge < -0.3 is 34.0 Å². The highest BCUT2D eigenvalue weighted by Gasteiger charge is 2.51. The van der Waals surface area contributed by atoms with Crippen molar-refractivity contribution in [2.24, 2.45) is 10.9 Å². The number of benzene rings is 2. The van der Waals surface area contributed by atoms with Crippen LogP contribution in [0.5, 0.6) is 0 Å². The predicted octanol–water partition coefficient (Wildman–Crippen LogP) is 4.09. The van der Waals surface area contributed by atoms with Crippen molar-refractivity contribution in [1.82, 2.24) is 9.47 Å². The standard InChI is InChI=1S/C34H45BFN3O5/c1-33(2)34(3,4)44-35(43-33)27-13-11-23(12-14-27)16-24(19-37-5)17-31(42)38-15-7-9-26(20-38)30-18-25-8-6-10-29(36)32(25)39(30)21-28(41)22-40/h6,8,10-14,18-19,24,26,28,40-41H,7,9,15-17,20-22H2,1-5H3. The normalized spacial score (nSPS) is 21.3. The van der Waals surface area contributed by atoms with Crippen molar-refractivity contribution in [3.63, 3.8) is 0 Å². The molecule has 236 valence electrons. The number of carbonyl (C=O) groups excluding carboxylic acids is 1. The highest BCUT2D eigenvalue weighted by atomic mass is 19.1. The lowest BCUT2D eigenvalue weighted by Crippen LogP contribution is -2.41. The minimum absolute atomic E-state index is 0.00814. The second kappa shape index (κ2) is 13.1. The number of aliphatic hydroxyl groups is 2. The summed E-state index contributed by atoms with van der Waals surface area (Å²) in [6.45, 7) is 9.02. The van der Waals surface area contributed by atoms with Gasteiger partial charge in [-0.1, -0.05) is 36.4 Å². The number of para-hydroxylation sites is 1. The number of piperidine rings is 1. The first-order chi connectivity index (χ1) is 20.9. The Morgan fingerprint density at radius 3 is 2.52 bits per heavy atom. The van der Waals surface area contributed by atoms with Gasteiger partial charge in [-0.2, -0.15) is 0 Å². The third-order valence-electron chi connectivity index (χ3n) is 9.50. The summed E-state index contributed by atoms with van der Waals surface area (Å²) in [5, 5.41) is 20.5. The van der Waals surface area contributed by atoms with Gasteiger partial charge in [-0.05, 0) is 70.1 Å². The third-order valence-corrected chi connectivity index (χ3v) is 9.50. The van der Waals surface area contributed by atoms with Crippen LogP contribution in [0, 0.1) is 11.7 Å². The number of aliphatic hydroxyl groups excluding tert-OH is 2. The van der Waals surface area contributed by atoms with E-state index in [-0.39, 0.29) is 30.1 Å². The van der Waals surface area contributed by atoms with Crippen LogP contribution in [0.3, 0.4) is 0 Å². The fourth-order valence-electron chi connectivity index (χ4n) is 6.38. The molecule has 2 aromatic carbocycles. The molecule has 3 unspecified atom stereocenters. The topological polar surface area (TPSA) is 96.5 Å². The zero-order valence-electron chi connectivity index (χ0n) is 26.5. The number of aromatic nitrogens is 1.